The Hall–Kier alpha value is -2.05. The van der Waals surface area contributed by atoms with Crippen molar-refractivity contribution in [3.8, 4) is 0 Å². The van der Waals surface area contributed by atoms with Crippen LogP contribution < -0.4 is 9.62 Å². The van der Waals surface area contributed by atoms with E-state index in [4.69, 9.17) is 11.6 Å². The highest BCUT2D eigenvalue weighted by Crippen LogP contribution is 2.21. The molecule has 0 aromatic heterocycles. The van der Waals surface area contributed by atoms with Gasteiger partial charge >= 0.3 is 0 Å². The summed E-state index contributed by atoms with van der Waals surface area (Å²) in [4.78, 5) is 12.0. The minimum atomic E-state index is -3.47. The molecular weight excluding hydrogens is 336 g/mol. The van der Waals surface area contributed by atoms with Gasteiger partial charge in [0.05, 0.1) is 22.7 Å². The number of carbonyl (C=O) groups is 1. The van der Waals surface area contributed by atoms with E-state index >= 15 is 0 Å². The van der Waals surface area contributed by atoms with E-state index in [1.165, 1.54) is 4.31 Å². The van der Waals surface area contributed by atoms with Crippen molar-refractivity contribution in [1.29, 1.82) is 0 Å². The summed E-state index contributed by atoms with van der Waals surface area (Å²) < 4.78 is 25.1. The minimum absolute atomic E-state index is 0.0210. The summed E-state index contributed by atoms with van der Waals surface area (Å²) in [6.45, 7) is 0.0547. The number of rotatable bonds is 6. The lowest BCUT2D eigenvalue weighted by atomic mass is 10.3. The SMILES string of the molecule is CS(=O)(=O)N(CCC(=O)Nc1ccccc1Cl)c1ccccc1. The molecule has 0 heterocycles. The number of hydrogen-bond acceptors (Lipinski definition) is 3. The average molecular weight is 353 g/mol. The molecule has 2 aromatic carbocycles. The zero-order valence-electron chi connectivity index (χ0n) is 12.6. The normalized spacial score (nSPS) is 11.0. The van der Waals surface area contributed by atoms with Crippen LogP contribution in [0.25, 0.3) is 0 Å². The quantitative estimate of drug-likeness (QED) is 0.868. The van der Waals surface area contributed by atoms with Gasteiger partial charge in [-0.05, 0) is 24.3 Å². The van der Waals surface area contributed by atoms with Crippen LogP contribution in [-0.2, 0) is 14.8 Å². The predicted octanol–water partition coefficient (Wildman–Crippen LogP) is 3.13. The third kappa shape index (κ3) is 4.97. The predicted molar refractivity (Wildman–Crippen MR) is 93.3 cm³/mol. The number of sulfonamides is 1. The molecule has 1 N–H and O–H groups in total. The van der Waals surface area contributed by atoms with Crippen LogP contribution in [0.3, 0.4) is 0 Å². The molecule has 0 aliphatic heterocycles. The Morgan fingerprint density at radius 2 is 1.70 bits per heavy atom. The topological polar surface area (TPSA) is 66.5 Å². The molecule has 2 aromatic rings. The highest BCUT2D eigenvalue weighted by molar-refractivity contribution is 7.92. The van der Waals surface area contributed by atoms with Crippen LogP contribution in [0.2, 0.25) is 5.02 Å². The number of para-hydroxylation sites is 2. The van der Waals surface area contributed by atoms with Crippen molar-refractivity contribution in [1.82, 2.24) is 0 Å². The van der Waals surface area contributed by atoms with Crippen LogP contribution in [0.4, 0.5) is 11.4 Å². The molecule has 0 unspecified atom stereocenters. The van der Waals surface area contributed by atoms with Crippen molar-refractivity contribution < 1.29 is 13.2 Å². The molecule has 0 radical (unpaired) electrons. The lowest BCUT2D eigenvalue weighted by Crippen LogP contribution is -2.33. The molecule has 7 heteroatoms. The Labute approximate surface area is 140 Å². The summed E-state index contributed by atoms with van der Waals surface area (Å²) >= 11 is 5.98. The zero-order chi connectivity index (χ0) is 16.9. The maximum absolute atomic E-state index is 12.0. The lowest BCUT2D eigenvalue weighted by molar-refractivity contribution is -0.116. The smallest absolute Gasteiger partial charge is 0.232 e. The van der Waals surface area contributed by atoms with Gasteiger partial charge in [-0.2, -0.15) is 0 Å². The first-order valence-electron chi connectivity index (χ1n) is 6.95. The van der Waals surface area contributed by atoms with Crippen molar-refractivity contribution in [3.63, 3.8) is 0 Å². The summed E-state index contributed by atoms with van der Waals surface area (Å²) in [5.41, 5.74) is 1.03. The molecule has 5 nitrogen and oxygen atoms in total. The van der Waals surface area contributed by atoms with E-state index in [-0.39, 0.29) is 18.9 Å². The van der Waals surface area contributed by atoms with Gasteiger partial charge in [0.1, 0.15) is 0 Å². The molecule has 23 heavy (non-hydrogen) atoms. The third-order valence-corrected chi connectivity index (χ3v) is 4.66. The number of hydrogen-bond donors (Lipinski definition) is 1. The van der Waals surface area contributed by atoms with Gasteiger partial charge in [-0.1, -0.05) is 41.9 Å². The number of carbonyl (C=O) groups excluding carboxylic acids is 1. The summed E-state index contributed by atoms with van der Waals surface area (Å²) in [5, 5.41) is 3.11. The van der Waals surface area contributed by atoms with E-state index in [0.717, 1.165) is 6.26 Å². The highest BCUT2D eigenvalue weighted by atomic mass is 35.5. The molecule has 2 rings (SSSR count). The molecule has 1 amide bonds. The number of nitrogens with zero attached hydrogens (tertiary/aromatic N) is 1. The van der Waals surface area contributed by atoms with Crippen molar-refractivity contribution in [3.05, 3.63) is 59.6 Å². The fourth-order valence-corrected chi connectivity index (χ4v) is 3.17. The van der Waals surface area contributed by atoms with Crippen LogP contribution in [-0.4, -0.2) is 27.1 Å². The van der Waals surface area contributed by atoms with E-state index in [1.807, 2.05) is 0 Å². The van der Waals surface area contributed by atoms with Crippen LogP contribution in [0.15, 0.2) is 54.6 Å². The van der Waals surface area contributed by atoms with E-state index in [2.05, 4.69) is 5.32 Å². The summed E-state index contributed by atoms with van der Waals surface area (Å²) in [7, 11) is -3.47. The number of benzene rings is 2. The maximum Gasteiger partial charge on any atom is 0.232 e. The number of halogens is 1. The van der Waals surface area contributed by atoms with Crippen LogP contribution >= 0.6 is 11.6 Å². The monoisotopic (exact) mass is 352 g/mol. The van der Waals surface area contributed by atoms with Gasteiger partial charge in [0.15, 0.2) is 0 Å². The van der Waals surface area contributed by atoms with Crippen LogP contribution in [0, 0.1) is 0 Å². The Kier molecular flexibility index (Phi) is 5.63. The summed E-state index contributed by atoms with van der Waals surface area (Å²) in [6.07, 6.45) is 1.14. The minimum Gasteiger partial charge on any atom is -0.325 e. The molecule has 0 saturated carbocycles. The first kappa shape index (κ1) is 17.3. The van der Waals surface area contributed by atoms with Crippen LogP contribution in [0.5, 0.6) is 0 Å². The second kappa shape index (κ2) is 7.48. The fraction of sp³-hybridized carbons (Fsp3) is 0.188. The van der Waals surface area contributed by atoms with E-state index in [0.29, 0.717) is 16.4 Å². The van der Waals surface area contributed by atoms with E-state index < -0.39 is 10.0 Å². The van der Waals surface area contributed by atoms with Gasteiger partial charge in [-0.3, -0.25) is 9.10 Å². The Morgan fingerprint density at radius 3 is 2.30 bits per heavy atom. The number of anilines is 2. The Balaban J connectivity index is 2.05. The largest absolute Gasteiger partial charge is 0.325 e. The fourth-order valence-electron chi connectivity index (χ4n) is 2.06. The summed E-state index contributed by atoms with van der Waals surface area (Å²) in [6, 6.07) is 15.5. The third-order valence-electron chi connectivity index (χ3n) is 3.13. The molecular formula is C16H17ClN2O3S. The van der Waals surface area contributed by atoms with E-state index in [9.17, 15) is 13.2 Å². The molecule has 122 valence electrons. The maximum atomic E-state index is 12.0. The molecule has 0 fully saturated rings. The Bertz CT molecular complexity index is 779. The summed E-state index contributed by atoms with van der Waals surface area (Å²) in [5.74, 6) is -0.303. The second-order valence-electron chi connectivity index (χ2n) is 4.95. The zero-order valence-corrected chi connectivity index (χ0v) is 14.1. The van der Waals surface area contributed by atoms with Gasteiger partial charge < -0.3 is 5.32 Å². The molecule has 0 atom stereocenters. The van der Waals surface area contributed by atoms with Crippen molar-refractivity contribution in [2.24, 2.45) is 0 Å². The lowest BCUT2D eigenvalue weighted by Gasteiger charge is -2.22. The Morgan fingerprint density at radius 1 is 1.09 bits per heavy atom. The molecule has 0 saturated heterocycles. The molecule has 0 bridgehead atoms. The van der Waals surface area contributed by atoms with E-state index in [1.54, 1.807) is 54.6 Å². The van der Waals surface area contributed by atoms with Crippen molar-refractivity contribution in [2.75, 3.05) is 22.4 Å². The second-order valence-corrected chi connectivity index (χ2v) is 7.26. The van der Waals surface area contributed by atoms with Gasteiger partial charge in [-0.15, -0.1) is 0 Å². The number of amides is 1. The van der Waals surface area contributed by atoms with Crippen molar-refractivity contribution in [2.45, 2.75) is 6.42 Å². The van der Waals surface area contributed by atoms with Gasteiger partial charge in [0.2, 0.25) is 15.9 Å². The molecule has 0 aliphatic carbocycles. The van der Waals surface area contributed by atoms with Gasteiger partial charge in [-0.25, -0.2) is 8.42 Å². The molecule has 0 aliphatic rings. The first-order chi connectivity index (χ1) is 10.9. The highest BCUT2D eigenvalue weighted by Gasteiger charge is 2.18. The average Bonchev–Trinajstić information content (AvgIpc) is 2.49. The van der Waals surface area contributed by atoms with Gasteiger partial charge in [0, 0.05) is 13.0 Å². The van der Waals surface area contributed by atoms with Gasteiger partial charge in [0.25, 0.3) is 0 Å². The molecule has 0 spiro atoms. The standard InChI is InChI=1S/C16H17ClN2O3S/c1-23(21,22)19(13-7-3-2-4-8-13)12-11-16(20)18-15-10-6-5-9-14(15)17/h2-10H,11-12H2,1H3,(H,18,20). The first-order valence-corrected chi connectivity index (χ1v) is 9.17. The number of nitrogens with one attached hydrogen (secondary N) is 1. The van der Waals surface area contributed by atoms with Crippen molar-refractivity contribution >= 4 is 38.9 Å². The van der Waals surface area contributed by atoms with Crippen LogP contribution in [0.1, 0.15) is 6.42 Å².